The maximum atomic E-state index is 4.11. The van der Waals surface area contributed by atoms with Crippen LogP contribution in [0, 0.1) is 6.92 Å². The van der Waals surface area contributed by atoms with Gasteiger partial charge in [-0.25, -0.2) is 4.98 Å². The zero-order valence-electron chi connectivity index (χ0n) is 6.91. The molecule has 12 heavy (non-hydrogen) atoms. The van der Waals surface area contributed by atoms with Crippen LogP contribution in [0.2, 0.25) is 0 Å². The predicted molar refractivity (Wildman–Crippen MR) is 49.6 cm³/mol. The lowest BCUT2D eigenvalue weighted by Gasteiger charge is -1.87. The topological polar surface area (TPSA) is 28.7 Å². The van der Waals surface area contributed by atoms with Crippen LogP contribution in [-0.2, 0) is 0 Å². The number of nitrogens with one attached hydrogen (secondary N) is 1. The Kier molecular flexibility index (Phi) is 1.67. The Morgan fingerprint density at radius 1 is 1.33 bits per heavy atom. The van der Waals surface area contributed by atoms with E-state index in [1.807, 2.05) is 25.3 Å². The van der Waals surface area contributed by atoms with E-state index in [-0.39, 0.29) is 0 Å². The molecule has 0 amide bonds. The third-order valence-corrected chi connectivity index (χ3v) is 1.73. The largest absolute Gasteiger partial charge is 0.343 e. The maximum absolute atomic E-state index is 4.11. The second-order valence-corrected chi connectivity index (χ2v) is 2.79. The molecular weight excluding hydrogens is 148 g/mol. The van der Waals surface area contributed by atoms with E-state index in [4.69, 9.17) is 0 Å². The van der Waals surface area contributed by atoms with E-state index in [1.54, 1.807) is 0 Å². The fraction of sp³-hybridized carbons (Fsp3) is 0.100. The Morgan fingerprint density at radius 3 is 2.67 bits per heavy atom. The van der Waals surface area contributed by atoms with Crippen molar-refractivity contribution >= 4 is 6.08 Å². The predicted octanol–water partition coefficient (Wildman–Crippen LogP) is 2.23. The van der Waals surface area contributed by atoms with Crippen molar-refractivity contribution in [3.05, 3.63) is 47.6 Å². The third kappa shape index (κ3) is 1.37. The molecule has 0 aliphatic heterocycles. The summed E-state index contributed by atoms with van der Waals surface area (Å²) in [5.41, 5.74) is 2.26. The van der Waals surface area contributed by atoms with Gasteiger partial charge >= 0.3 is 0 Å². The number of hydrogen-bond donors (Lipinski definition) is 1. The van der Waals surface area contributed by atoms with E-state index in [1.165, 1.54) is 5.57 Å². The van der Waals surface area contributed by atoms with Crippen LogP contribution in [0.5, 0.6) is 0 Å². The average molecular weight is 158 g/mol. The molecule has 1 aliphatic rings. The molecule has 0 fully saturated rings. The minimum atomic E-state index is 0.952. The Labute approximate surface area is 71.3 Å². The number of H-pyrrole nitrogens is 1. The Bertz CT molecular complexity index is 353. The first-order valence-electron chi connectivity index (χ1n) is 3.93. The molecule has 1 aliphatic carbocycles. The van der Waals surface area contributed by atoms with Gasteiger partial charge in [-0.15, -0.1) is 0 Å². The summed E-state index contributed by atoms with van der Waals surface area (Å²) < 4.78 is 0. The van der Waals surface area contributed by atoms with Crippen LogP contribution in [0.1, 0.15) is 11.5 Å². The summed E-state index contributed by atoms with van der Waals surface area (Å²) >= 11 is 0. The fourth-order valence-electron chi connectivity index (χ4n) is 1.18. The molecular formula is C10H10N2. The molecule has 2 heteroatoms. The van der Waals surface area contributed by atoms with Gasteiger partial charge in [0, 0.05) is 0 Å². The van der Waals surface area contributed by atoms with E-state index in [2.05, 4.69) is 28.2 Å². The van der Waals surface area contributed by atoms with Gasteiger partial charge in [0.25, 0.3) is 0 Å². The van der Waals surface area contributed by atoms with Gasteiger partial charge in [0.05, 0.1) is 11.9 Å². The van der Waals surface area contributed by atoms with Gasteiger partial charge in [-0.05, 0) is 18.6 Å². The van der Waals surface area contributed by atoms with E-state index in [9.17, 15) is 0 Å². The summed E-state index contributed by atoms with van der Waals surface area (Å²) in [6.07, 6.45) is 12.1. The van der Waals surface area contributed by atoms with Crippen molar-refractivity contribution in [1.82, 2.24) is 9.97 Å². The SMILES string of the molecule is Cc1ncc(C=C2C=CC=C2)[nH]1. The zero-order chi connectivity index (χ0) is 8.39. The third-order valence-electron chi connectivity index (χ3n) is 1.73. The fourth-order valence-corrected chi connectivity index (χ4v) is 1.18. The van der Waals surface area contributed by atoms with Crippen LogP contribution in [0.15, 0.2) is 36.1 Å². The first kappa shape index (κ1) is 7.10. The summed E-state index contributed by atoms with van der Waals surface area (Å²) in [5.74, 6) is 0.952. The van der Waals surface area contributed by atoms with Gasteiger partial charge in [-0.3, -0.25) is 0 Å². The van der Waals surface area contributed by atoms with E-state index < -0.39 is 0 Å². The molecule has 60 valence electrons. The molecule has 0 bridgehead atoms. The van der Waals surface area contributed by atoms with E-state index in [0.717, 1.165) is 11.5 Å². The highest BCUT2D eigenvalue weighted by Gasteiger charge is 1.95. The van der Waals surface area contributed by atoms with Gasteiger partial charge in [0.1, 0.15) is 5.82 Å². The lowest BCUT2D eigenvalue weighted by Crippen LogP contribution is -1.74. The van der Waals surface area contributed by atoms with Crippen LogP contribution in [0.4, 0.5) is 0 Å². The van der Waals surface area contributed by atoms with Crippen molar-refractivity contribution in [1.29, 1.82) is 0 Å². The summed E-state index contributed by atoms with van der Waals surface area (Å²) in [6.45, 7) is 1.95. The number of nitrogens with zero attached hydrogens (tertiary/aromatic N) is 1. The monoisotopic (exact) mass is 158 g/mol. The number of aromatic nitrogens is 2. The first-order chi connectivity index (χ1) is 5.84. The number of aryl methyl sites for hydroxylation is 1. The molecule has 0 saturated carbocycles. The number of allylic oxidation sites excluding steroid dienone is 5. The highest BCUT2D eigenvalue weighted by Crippen LogP contribution is 2.11. The van der Waals surface area contributed by atoms with E-state index in [0.29, 0.717) is 0 Å². The van der Waals surface area contributed by atoms with Crippen LogP contribution in [0.3, 0.4) is 0 Å². The zero-order valence-corrected chi connectivity index (χ0v) is 6.91. The van der Waals surface area contributed by atoms with Gasteiger partial charge < -0.3 is 4.98 Å². The Balaban J connectivity index is 2.28. The number of rotatable bonds is 1. The molecule has 0 atom stereocenters. The second-order valence-electron chi connectivity index (χ2n) is 2.79. The summed E-state index contributed by atoms with van der Waals surface area (Å²) in [4.78, 5) is 7.26. The summed E-state index contributed by atoms with van der Waals surface area (Å²) in [5, 5.41) is 0. The number of hydrogen-bond acceptors (Lipinski definition) is 1. The van der Waals surface area contributed by atoms with Crippen molar-refractivity contribution in [2.24, 2.45) is 0 Å². The molecule has 2 rings (SSSR count). The lowest BCUT2D eigenvalue weighted by atomic mass is 10.2. The lowest BCUT2D eigenvalue weighted by molar-refractivity contribution is 1.14. The van der Waals surface area contributed by atoms with Crippen molar-refractivity contribution < 1.29 is 0 Å². The Morgan fingerprint density at radius 2 is 2.08 bits per heavy atom. The molecule has 0 unspecified atom stereocenters. The van der Waals surface area contributed by atoms with Crippen molar-refractivity contribution in [3.8, 4) is 0 Å². The van der Waals surface area contributed by atoms with Crippen molar-refractivity contribution in [2.45, 2.75) is 6.92 Å². The van der Waals surface area contributed by atoms with Gasteiger partial charge in [0.2, 0.25) is 0 Å². The average Bonchev–Trinajstić information content (AvgIpc) is 2.63. The van der Waals surface area contributed by atoms with Crippen LogP contribution >= 0.6 is 0 Å². The van der Waals surface area contributed by atoms with Crippen molar-refractivity contribution in [3.63, 3.8) is 0 Å². The minimum absolute atomic E-state index is 0.952. The van der Waals surface area contributed by atoms with Gasteiger partial charge in [-0.2, -0.15) is 0 Å². The normalized spacial score (nSPS) is 14.2. The van der Waals surface area contributed by atoms with Crippen LogP contribution in [-0.4, -0.2) is 9.97 Å². The summed E-state index contributed by atoms with van der Waals surface area (Å²) in [7, 11) is 0. The number of imidazole rings is 1. The molecule has 1 aromatic rings. The van der Waals surface area contributed by atoms with Crippen molar-refractivity contribution in [2.75, 3.05) is 0 Å². The molecule has 0 radical (unpaired) electrons. The van der Waals surface area contributed by atoms with Gasteiger partial charge in [-0.1, -0.05) is 24.3 Å². The van der Waals surface area contributed by atoms with Crippen LogP contribution < -0.4 is 0 Å². The van der Waals surface area contributed by atoms with E-state index >= 15 is 0 Å². The smallest absolute Gasteiger partial charge is 0.103 e. The standard InChI is InChI=1S/C10H10N2/c1-8-11-7-10(12-8)6-9-4-2-3-5-9/h2-7H,1H3,(H,11,12). The summed E-state index contributed by atoms with van der Waals surface area (Å²) in [6, 6.07) is 0. The highest BCUT2D eigenvalue weighted by atomic mass is 14.9. The molecule has 0 aromatic carbocycles. The molecule has 2 nitrogen and oxygen atoms in total. The molecule has 1 aromatic heterocycles. The number of aromatic amines is 1. The van der Waals surface area contributed by atoms with Crippen LogP contribution in [0.25, 0.3) is 6.08 Å². The first-order valence-corrected chi connectivity index (χ1v) is 3.93. The minimum Gasteiger partial charge on any atom is -0.343 e. The van der Waals surface area contributed by atoms with Gasteiger partial charge in [0.15, 0.2) is 0 Å². The Hall–Kier alpha value is -1.57. The second kappa shape index (κ2) is 2.81. The molecule has 0 saturated heterocycles. The highest BCUT2D eigenvalue weighted by molar-refractivity contribution is 5.59. The maximum Gasteiger partial charge on any atom is 0.103 e. The molecule has 1 N–H and O–H groups in total. The molecule has 1 heterocycles. The molecule has 0 spiro atoms. The quantitative estimate of drug-likeness (QED) is 0.667.